The quantitative estimate of drug-likeness (QED) is 0.884. The van der Waals surface area contributed by atoms with Crippen LogP contribution in [-0.2, 0) is 0 Å². The van der Waals surface area contributed by atoms with E-state index >= 15 is 0 Å². The van der Waals surface area contributed by atoms with Crippen LogP contribution in [0.3, 0.4) is 0 Å². The first-order valence-corrected chi connectivity index (χ1v) is 8.95. The Kier molecular flexibility index (Phi) is 5.39. The first-order valence-electron chi connectivity index (χ1n) is 8.95. The van der Waals surface area contributed by atoms with Crippen molar-refractivity contribution in [3.05, 3.63) is 59.2 Å². The molecular weight excluding hydrogens is 310 g/mol. The normalized spacial score (nSPS) is 15.8. The molecule has 2 aromatic rings. The topological polar surface area (TPSA) is 44.4 Å². The molecule has 0 aliphatic carbocycles. The molecule has 0 aromatic heterocycles. The predicted octanol–water partition coefficient (Wildman–Crippen LogP) is 4.06. The number of amides is 1. The number of carbonyl (C=O) groups excluding carboxylic acids is 1. The highest BCUT2D eigenvalue weighted by Gasteiger charge is 2.18. The number of nitrogens with zero attached hydrogens (tertiary/aromatic N) is 1. The van der Waals surface area contributed by atoms with Crippen LogP contribution in [0.5, 0.6) is 0 Å². The molecule has 1 aliphatic rings. The number of likely N-dealkylation sites (tertiary alicyclic amines) is 1. The van der Waals surface area contributed by atoms with Crippen LogP contribution < -0.4 is 10.6 Å². The van der Waals surface area contributed by atoms with Gasteiger partial charge in [-0.3, -0.25) is 4.79 Å². The van der Waals surface area contributed by atoms with Crippen molar-refractivity contribution in [2.75, 3.05) is 30.8 Å². The molecule has 0 unspecified atom stereocenters. The number of piperidine rings is 1. The van der Waals surface area contributed by atoms with Crippen LogP contribution in [0.25, 0.3) is 0 Å². The molecule has 132 valence electrons. The second-order valence-corrected chi connectivity index (χ2v) is 7.02. The van der Waals surface area contributed by atoms with E-state index in [2.05, 4.69) is 29.5 Å². The summed E-state index contributed by atoms with van der Waals surface area (Å²) < 4.78 is 0. The summed E-state index contributed by atoms with van der Waals surface area (Å²) in [6, 6.07) is 14.2. The molecule has 2 aromatic carbocycles. The summed E-state index contributed by atoms with van der Waals surface area (Å²) in [5.74, 6) is -0.0688. The maximum atomic E-state index is 12.6. The van der Waals surface area contributed by atoms with Gasteiger partial charge in [0.15, 0.2) is 0 Å². The van der Waals surface area contributed by atoms with Crippen LogP contribution in [0.4, 0.5) is 11.4 Å². The molecule has 4 heteroatoms. The maximum Gasteiger partial charge on any atom is 0.255 e. The van der Waals surface area contributed by atoms with E-state index in [4.69, 9.17) is 0 Å². The van der Waals surface area contributed by atoms with Gasteiger partial charge < -0.3 is 15.5 Å². The van der Waals surface area contributed by atoms with E-state index in [1.54, 1.807) is 0 Å². The monoisotopic (exact) mass is 337 g/mol. The van der Waals surface area contributed by atoms with Gasteiger partial charge in [-0.05, 0) is 82.2 Å². The minimum atomic E-state index is -0.0688. The third-order valence-electron chi connectivity index (χ3n) is 5.02. The van der Waals surface area contributed by atoms with Crippen molar-refractivity contribution < 1.29 is 4.79 Å². The zero-order chi connectivity index (χ0) is 17.8. The van der Waals surface area contributed by atoms with Crippen LogP contribution in [0.2, 0.25) is 0 Å². The van der Waals surface area contributed by atoms with E-state index in [9.17, 15) is 4.79 Å². The second kappa shape index (κ2) is 7.70. The highest BCUT2D eigenvalue weighted by molar-refractivity contribution is 6.06. The number of carbonyl (C=O) groups is 1. The first kappa shape index (κ1) is 17.5. The zero-order valence-electron chi connectivity index (χ0n) is 15.3. The zero-order valence-corrected chi connectivity index (χ0v) is 15.3. The molecular formula is C21H27N3O. The molecule has 1 saturated heterocycles. The van der Waals surface area contributed by atoms with Crippen LogP contribution in [0.15, 0.2) is 42.5 Å². The van der Waals surface area contributed by atoms with Gasteiger partial charge in [0.05, 0.1) is 11.4 Å². The number of hydrogen-bond acceptors (Lipinski definition) is 3. The molecule has 0 atom stereocenters. The van der Waals surface area contributed by atoms with Crippen molar-refractivity contribution in [1.82, 2.24) is 4.90 Å². The summed E-state index contributed by atoms with van der Waals surface area (Å²) in [7, 11) is 2.16. The molecule has 0 saturated carbocycles. The van der Waals surface area contributed by atoms with Crippen LogP contribution in [0.1, 0.15) is 34.3 Å². The molecule has 1 fully saturated rings. The van der Waals surface area contributed by atoms with Crippen molar-refractivity contribution in [2.45, 2.75) is 32.7 Å². The van der Waals surface area contributed by atoms with E-state index in [-0.39, 0.29) is 5.91 Å². The lowest BCUT2D eigenvalue weighted by molar-refractivity contribution is 0.102. The molecule has 1 aliphatic heterocycles. The fourth-order valence-electron chi connectivity index (χ4n) is 3.17. The average Bonchev–Trinajstić information content (AvgIpc) is 2.61. The van der Waals surface area contributed by atoms with E-state index in [0.29, 0.717) is 11.6 Å². The molecule has 2 N–H and O–H groups in total. The largest absolute Gasteiger partial charge is 0.381 e. The minimum Gasteiger partial charge on any atom is -0.381 e. The van der Waals surface area contributed by atoms with Gasteiger partial charge in [-0.15, -0.1) is 0 Å². The molecule has 1 heterocycles. The predicted molar refractivity (Wildman–Crippen MR) is 104 cm³/mol. The Balaban J connectivity index is 1.72. The summed E-state index contributed by atoms with van der Waals surface area (Å²) in [5.41, 5.74) is 4.85. The van der Waals surface area contributed by atoms with Gasteiger partial charge in [0.2, 0.25) is 0 Å². The fourth-order valence-corrected chi connectivity index (χ4v) is 3.17. The summed E-state index contributed by atoms with van der Waals surface area (Å²) in [5, 5.41) is 6.67. The average molecular weight is 337 g/mol. The third-order valence-corrected chi connectivity index (χ3v) is 5.02. The van der Waals surface area contributed by atoms with Crippen molar-refractivity contribution in [3.8, 4) is 0 Å². The molecule has 3 rings (SSSR count). The van der Waals surface area contributed by atoms with Crippen molar-refractivity contribution in [2.24, 2.45) is 0 Å². The highest BCUT2D eigenvalue weighted by Crippen LogP contribution is 2.25. The summed E-state index contributed by atoms with van der Waals surface area (Å²) in [6.45, 7) is 6.29. The smallest absolute Gasteiger partial charge is 0.255 e. The summed E-state index contributed by atoms with van der Waals surface area (Å²) in [6.07, 6.45) is 2.24. The Hall–Kier alpha value is -2.33. The van der Waals surface area contributed by atoms with Crippen LogP contribution >= 0.6 is 0 Å². The Morgan fingerprint density at radius 1 is 1.00 bits per heavy atom. The molecule has 0 bridgehead atoms. The van der Waals surface area contributed by atoms with Gasteiger partial charge in [0.1, 0.15) is 0 Å². The van der Waals surface area contributed by atoms with Gasteiger partial charge in [-0.25, -0.2) is 0 Å². The SMILES string of the molecule is Cc1ccc(C(=O)Nc2ccccc2NC2CCN(C)CC2)cc1C. The number of anilines is 2. The Labute approximate surface area is 150 Å². The van der Waals surface area contributed by atoms with Crippen LogP contribution in [0, 0.1) is 13.8 Å². The lowest BCUT2D eigenvalue weighted by Gasteiger charge is -2.30. The number of hydrogen-bond donors (Lipinski definition) is 2. The molecule has 0 spiro atoms. The Morgan fingerprint density at radius 2 is 1.68 bits per heavy atom. The van der Waals surface area contributed by atoms with E-state index in [0.717, 1.165) is 42.9 Å². The Morgan fingerprint density at radius 3 is 2.36 bits per heavy atom. The van der Waals surface area contributed by atoms with Gasteiger partial charge in [0, 0.05) is 11.6 Å². The first-order chi connectivity index (χ1) is 12.0. The summed E-state index contributed by atoms with van der Waals surface area (Å²) in [4.78, 5) is 15.0. The lowest BCUT2D eigenvalue weighted by atomic mass is 10.0. The molecule has 4 nitrogen and oxygen atoms in total. The number of rotatable bonds is 4. The standard InChI is InChI=1S/C21H27N3O/c1-15-8-9-17(14-16(15)2)21(25)23-20-7-5-4-6-19(20)22-18-10-12-24(3)13-11-18/h4-9,14,18,22H,10-13H2,1-3H3,(H,23,25). The maximum absolute atomic E-state index is 12.6. The number of para-hydroxylation sites is 2. The van der Waals surface area contributed by atoms with Crippen LogP contribution in [-0.4, -0.2) is 37.0 Å². The molecule has 25 heavy (non-hydrogen) atoms. The lowest BCUT2D eigenvalue weighted by Crippen LogP contribution is -2.36. The van der Waals surface area contributed by atoms with E-state index in [1.807, 2.05) is 49.4 Å². The third kappa shape index (κ3) is 4.40. The second-order valence-electron chi connectivity index (χ2n) is 7.02. The van der Waals surface area contributed by atoms with Crippen molar-refractivity contribution >= 4 is 17.3 Å². The van der Waals surface area contributed by atoms with Gasteiger partial charge >= 0.3 is 0 Å². The highest BCUT2D eigenvalue weighted by atomic mass is 16.1. The number of nitrogens with one attached hydrogen (secondary N) is 2. The minimum absolute atomic E-state index is 0.0688. The van der Waals surface area contributed by atoms with Crippen molar-refractivity contribution in [3.63, 3.8) is 0 Å². The van der Waals surface area contributed by atoms with E-state index < -0.39 is 0 Å². The van der Waals surface area contributed by atoms with Crippen molar-refractivity contribution in [1.29, 1.82) is 0 Å². The van der Waals surface area contributed by atoms with Gasteiger partial charge in [-0.1, -0.05) is 18.2 Å². The summed E-state index contributed by atoms with van der Waals surface area (Å²) >= 11 is 0. The van der Waals surface area contributed by atoms with Gasteiger partial charge in [-0.2, -0.15) is 0 Å². The van der Waals surface area contributed by atoms with E-state index in [1.165, 1.54) is 5.56 Å². The fraction of sp³-hybridized carbons (Fsp3) is 0.381. The molecule has 1 amide bonds. The molecule has 0 radical (unpaired) electrons. The number of aryl methyl sites for hydroxylation is 2. The van der Waals surface area contributed by atoms with Gasteiger partial charge in [0.25, 0.3) is 5.91 Å². The Bertz CT molecular complexity index is 749. The number of benzene rings is 2.